The summed E-state index contributed by atoms with van der Waals surface area (Å²) in [6.45, 7) is 5.58. The van der Waals surface area contributed by atoms with Gasteiger partial charge in [-0.15, -0.1) is 0 Å². The number of hydrogen-bond acceptors (Lipinski definition) is 3. The second-order valence-corrected chi connectivity index (χ2v) is 6.80. The maximum Gasteiger partial charge on any atom is 0.0991 e. The van der Waals surface area contributed by atoms with Gasteiger partial charge < -0.3 is 5.32 Å². The normalized spacial score (nSPS) is 22.4. The van der Waals surface area contributed by atoms with E-state index < -0.39 is 0 Å². The van der Waals surface area contributed by atoms with E-state index in [4.69, 9.17) is 5.26 Å². The highest BCUT2D eigenvalue weighted by molar-refractivity contribution is 7.99. The lowest BCUT2D eigenvalue weighted by atomic mass is 9.88. The highest BCUT2D eigenvalue weighted by Gasteiger charge is 2.27. The largest absolute Gasteiger partial charge is 0.309 e. The second kappa shape index (κ2) is 5.77. The molecule has 1 heterocycles. The summed E-state index contributed by atoms with van der Waals surface area (Å²) in [6, 6.07) is 10.6. The van der Waals surface area contributed by atoms with Gasteiger partial charge in [0, 0.05) is 18.3 Å². The van der Waals surface area contributed by atoms with Crippen molar-refractivity contribution in [2.24, 2.45) is 5.41 Å². The Hall–Kier alpha value is -0.980. The number of hydrogen-bond donors (Lipinski definition) is 1. The van der Waals surface area contributed by atoms with Gasteiger partial charge >= 0.3 is 0 Å². The molecule has 0 radical (unpaired) electrons. The van der Waals surface area contributed by atoms with Crippen molar-refractivity contribution < 1.29 is 0 Å². The highest BCUT2D eigenvalue weighted by atomic mass is 32.2. The molecule has 1 fully saturated rings. The van der Waals surface area contributed by atoms with Crippen LogP contribution >= 0.6 is 11.8 Å². The third-order valence-electron chi connectivity index (χ3n) is 3.29. The van der Waals surface area contributed by atoms with Crippen molar-refractivity contribution in [2.45, 2.75) is 32.9 Å². The SMILES string of the molecule is CC1(C)CSCC(NCc2ccc(C#N)cc2)C1. The summed E-state index contributed by atoms with van der Waals surface area (Å²) >= 11 is 2.05. The molecule has 0 bridgehead atoms. The van der Waals surface area contributed by atoms with Gasteiger partial charge in [0.15, 0.2) is 0 Å². The van der Waals surface area contributed by atoms with Crippen molar-refractivity contribution in [1.82, 2.24) is 5.32 Å². The highest BCUT2D eigenvalue weighted by Crippen LogP contribution is 2.33. The van der Waals surface area contributed by atoms with Gasteiger partial charge in [-0.3, -0.25) is 0 Å². The third-order valence-corrected chi connectivity index (χ3v) is 4.91. The number of nitriles is 1. The first-order valence-electron chi connectivity index (χ1n) is 6.39. The second-order valence-electron chi connectivity index (χ2n) is 5.77. The number of rotatable bonds is 3. The predicted molar refractivity (Wildman–Crippen MR) is 77.5 cm³/mol. The molecule has 2 nitrogen and oxygen atoms in total. The maximum absolute atomic E-state index is 8.75. The first-order chi connectivity index (χ1) is 8.59. The average Bonchev–Trinajstić information content (AvgIpc) is 2.36. The average molecular weight is 260 g/mol. The smallest absolute Gasteiger partial charge is 0.0991 e. The van der Waals surface area contributed by atoms with Crippen LogP contribution < -0.4 is 5.32 Å². The molecule has 0 aromatic heterocycles. The minimum atomic E-state index is 0.450. The van der Waals surface area contributed by atoms with Gasteiger partial charge in [-0.1, -0.05) is 26.0 Å². The molecular weight excluding hydrogens is 240 g/mol. The van der Waals surface area contributed by atoms with E-state index in [2.05, 4.69) is 25.2 Å². The molecule has 1 unspecified atom stereocenters. The van der Waals surface area contributed by atoms with E-state index in [1.54, 1.807) is 0 Å². The summed E-state index contributed by atoms with van der Waals surface area (Å²) in [5.41, 5.74) is 2.43. The van der Waals surface area contributed by atoms with Crippen LogP contribution in [0.25, 0.3) is 0 Å². The minimum absolute atomic E-state index is 0.450. The summed E-state index contributed by atoms with van der Waals surface area (Å²) in [5, 5.41) is 12.4. The van der Waals surface area contributed by atoms with E-state index in [0.29, 0.717) is 11.5 Å². The summed E-state index contributed by atoms with van der Waals surface area (Å²) in [4.78, 5) is 0. The van der Waals surface area contributed by atoms with Crippen LogP contribution in [0, 0.1) is 16.7 Å². The molecule has 1 atom stereocenters. The van der Waals surface area contributed by atoms with E-state index in [-0.39, 0.29) is 0 Å². The maximum atomic E-state index is 8.75. The first-order valence-corrected chi connectivity index (χ1v) is 7.55. The van der Waals surface area contributed by atoms with Crippen LogP contribution in [0.1, 0.15) is 31.4 Å². The summed E-state index contributed by atoms with van der Waals surface area (Å²) < 4.78 is 0. The number of nitrogens with zero attached hydrogens (tertiary/aromatic N) is 1. The first kappa shape index (κ1) is 13.5. The lowest BCUT2D eigenvalue weighted by Gasteiger charge is -2.35. The van der Waals surface area contributed by atoms with Crippen LogP contribution in [0.2, 0.25) is 0 Å². The molecule has 1 aromatic rings. The van der Waals surface area contributed by atoms with Gasteiger partial charge in [0.2, 0.25) is 0 Å². The molecule has 18 heavy (non-hydrogen) atoms. The van der Waals surface area contributed by atoms with Crippen molar-refractivity contribution in [1.29, 1.82) is 5.26 Å². The van der Waals surface area contributed by atoms with E-state index in [0.717, 1.165) is 12.1 Å². The Labute approximate surface area is 114 Å². The number of benzene rings is 1. The van der Waals surface area contributed by atoms with Gasteiger partial charge in [0.05, 0.1) is 11.6 Å². The number of nitrogens with one attached hydrogen (secondary N) is 1. The predicted octanol–water partition coefficient (Wildman–Crippen LogP) is 3.18. The van der Waals surface area contributed by atoms with E-state index in [9.17, 15) is 0 Å². The standard InChI is InChI=1S/C15H20N2S/c1-15(2)7-14(10-18-11-15)17-9-13-5-3-12(8-16)4-6-13/h3-6,14,17H,7,9-11H2,1-2H3. The van der Waals surface area contributed by atoms with Crippen molar-refractivity contribution in [3.05, 3.63) is 35.4 Å². The Kier molecular flexibility index (Phi) is 4.31. The van der Waals surface area contributed by atoms with Gasteiger partial charge in [-0.05, 0) is 35.3 Å². The van der Waals surface area contributed by atoms with Crippen molar-refractivity contribution in [2.75, 3.05) is 11.5 Å². The summed E-state index contributed by atoms with van der Waals surface area (Å²) in [6.07, 6.45) is 1.25. The fraction of sp³-hybridized carbons (Fsp3) is 0.533. The topological polar surface area (TPSA) is 35.8 Å². The van der Waals surface area contributed by atoms with Crippen LogP contribution in [0.15, 0.2) is 24.3 Å². The Morgan fingerprint density at radius 2 is 2.11 bits per heavy atom. The van der Waals surface area contributed by atoms with Crippen molar-refractivity contribution >= 4 is 11.8 Å². The van der Waals surface area contributed by atoms with Gasteiger partial charge in [0.25, 0.3) is 0 Å². The minimum Gasteiger partial charge on any atom is -0.309 e. The Morgan fingerprint density at radius 3 is 2.72 bits per heavy atom. The van der Waals surface area contributed by atoms with Crippen LogP contribution in [0.3, 0.4) is 0 Å². The fourth-order valence-electron chi connectivity index (χ4n) is 2.35. The number of thioether (sulfide) groups is 1. The molecule has 1 aromatic carbocycles. The van der Waals surface area contributed by atoms with Gasteiger partial charge in [-0.25, -0.2) is 0 Å². The molecule has 1 saturated heterocycles. The molecule has 0 spiro atoms. The molecule has 1 N–H and O–H groups in total. The van der Waals surface area contributed by atoms with E-state index >= 15 is 0 Å². The molecule has 1 aliphatic heterocycles. The van der Waals surface area contributed by atoms with Crippen molar-refractivity contribution in [3.8, 4) is 6.07 Å². The Bertz CT molecular complexity index is 431. The van der Waals surface area contributed by atoms with Crippen LogP contribution in [0.4, 0.5) is 0 Å². The van der Waals surface area contributed by atoms with Gasteiger partial charge in [0.1, 0.15) is 0 Å². The van der Waals surface area contributed by atoms with Gasteiger partial charge in [-0.2, -0.15) is 17.0 Å². The molecule has 0 amide bonds. The lowest BCUT2D eigenvalue weighted by Crippen LogP contribution is -2.39. The third kappa shape index (κ3) is 3.76. The zero-order chi connectivity index (χ0) is 13.0. The van der Waals surface area contributed by atoms with E-state index in [1.807, 2.05) is 36.0 Å². The quantitative estimate of drug-likeness (QED) is 0.906. The van der Waals surface area contributed by atoms with Crippen LogP contribution in [-0.2, 0) is 6.54 Å². The Balaban J connectivity index is 1.85. The van der Waals surface area contributed by atoms with Crippen LogP contribution in [0.5, 0.6) is 0 Å². The molecule has 1 aliphatic rings. The molecule has 96 valence electrons. The van der Waals surface area contributed by atoms with Crippen molar-refractivity contribution in [3.63, 3.8) is 0 Å². The van der Waals surface area contributed by atoms with Crippen LogP contribution in [-0.4, -0.2) is 17.5 Å². The summed E-state index contributed by atoms with van der Waals surface area (Å²) in [7, 11) is 0. The Morgan fingerprint density at radius 1 is 1.39 bits per heavy atom. The molecular formula is C15H20N2S. The monoisotopic (exact) mass is 260 g/mol. The molecule has 3 heteroatoms. The molecule has 0 saturated carbocycles. The zero-order valence-electron chi connectivity index (χ0n) is 11.1. The summed E-state index contributed by atoms with van der Waals surface area (Å²) in [5.74, 6) is 2.47. The fourth-order valence-corrected chi connectivity index (χ4v) is 3.66. The van der Waals surface area contributed by atoms with E-state index in [1.165, 1.54) is 23.5 Å². The lowest BCUT2D eigenvalue weighted by molar-refractivity contribution is 0.317. The molecule has 0 aliphatic carbocycles. The zero-order valence-corrected chi connectivity index (χ0v) is 11.9. The molecule has 2 rings (SSSR count).